The van der Waals surface area contributed by atoms with E-state index in [-0.39, 0.29) is 12.4 Å². The Kier molecular flexibility index (Phi) is 5.00. The monoisotopic (exact) mass is 343 g/mol. The summed E-state index contributed by atoms with van der Waals surface area (Å²) in [6, 6.07) is 10.6. The molecule has 1 N–H and O–H groups in total. The first-order valence-corrected chi connectivity index (χ1v) is 8.35. The van der Waals surface area contributed by atoms with E-state index in [1.807, 2.05) is 37.4 Å². The van der Waals surface area contributed by atoms with E-state index in [1.165, 1.54) is 32.1 Å². The number of aryl methyl sites for hydroxylation is 1. The van der Waals surface area contributed by atoms with E-state index in [2.05, 4.69) is 21.5 Å². The Bertz CT molecular complexity index is 823. The smallest absolute Gasteiger partial charge is 0.253 e. The van der Waals surface area contributed by atoms with Crippen molar-refractivity contribution >= 4 is 29.1 Å². The number of hydrogen-bond donors (Lipinski definition) is 1. The number of benzene rings is 1. The number of halogens is 1. The van der Waals surface area contributed by atoms with Crippen LogP contribution in [0.4, 0.5) is 5.82 Å². The maximum Gasteiger partial charge on any atom is 0.253 e. The van der Waals surface area contributed by atoms with Gasteiger partial charge >= 0.3 is 0 Å². The molecular formula is C18H22ClN5. The SMILES string of the molecule is Cc1ccn(-c2nc(NC3CCCCC3)c3ccccc3n2)n1.Cl. The molecule has 0 amide bonds. The Balaban J connectivity index is 0.00000169. The third-order valence-electron chi connectivity index (χ3n) is 4.46. The van der Waals surface area contributed by atoms with E-state index in [1.54, 1.807) is 4.68 Å². The van der Waals surface area contributed by atoms with Crippen LogP contribution in [0.3, 0.4) is 0 Å². The van der Waals surface area contributed by atoms with Gasteiger partial charge in [-0.15, -0.1) is 12.4 Å². The molecule has 2 heterocycles. The number of nitrogens with zero attached hydrogens (tertiary/aromatic N) is 4. The molecule has 4 rings (SSSR count). The molecule has 1 fully saturated rings. The van der Waals surface area contributed by atoms with Crippen LogP contribution in [0.15, 0.2) is 36.5 Å². The second-order valence-electron chi connectivity index (χ2n) is 6.27. The molecule has 0 radical (unpaired) electrons. The van der Waals surface area contributed by atoms with Crippen molar-refractivity contribution in [3.05, 3.63) is 42.2 Å². The van der Waals surface area contributed by atoms with Crippen LogP contribution in [-0.2, 0) is 0 Å². The molecule has 126 valence electrons. The minimum atomic E-state index is 0. The van der Waals surface area contributed by atoms with Gasteiger partial charge in [-0.3, -0.25) is 0 Å². The van der Waals surface area contributed by atoms with Gasteiger partial charge < -0.3 is 5.32 Å². The highest BCUT2D eigenvalue weighted by Crippen LogP contribution is 2.26. The summed E-state index contributed by atoms with van der Waals surface area (Å²) in [5.74, 6) is 1.54. The average Bonchev–Trinajstić information content (AvgIpc) is 3.02. The molecule has 6 heteroatoms. The van der Waals surface area contributed by atoms with Crippen molar-refractivity contribution in [3.8, 4) is 5.95 Å². The predicted molar refractivity (Wildman–Crippen MR) is 99.1 cm³/mol. The van der Waals surface area contributed by atoms with E-state index < -0.39 is 0 Å². The molecule has 1 saturated carbocycles. The number of aromatic nitrogens is 4. The van der Waals surface area contributed by atoms with Gasteiger partial charge in [-0.25, -0.2) is 9.67 Å². The molecule has 1 aromatic carbocycles. The van der Waals surface area contributed by atoms with Crippen LogP contribution in [0, 0.1) is 6.92 Å². The van der Waals surface area contributed by atoms with E-state index in [0.29, 0.717) is 12.0 Å². The fraction of sp³-hybridized carbons (Fsp3) is 0.389. The lowest BCUT2D eigenvalue weighted by Gasteiger charge is -2.24. The molecule has 0 spiro atoms. The number of nitrogens with one attached hydrogen (secondary N) is 1. The Morgan fingerprint density at radius 2 is 1.83 bits per heavy atom. The standard InChI is InChI=1S/C18H21N5.ClH/c1-13-11-12-23(22-13)18-20-16-10-6-5-9-15(16)17(21-18)19-14-7-3-2-4-8-14;/h5-6,9-12,14H,2-4,7-8H2,1H3,(H,19,20,21);1H. The molecule has 1 aliphatic carbocycles. The Morgan fingerprint density at radius 1 is 1.04 bits per heavy atom. The maximum atomic E-state index is 4.76. The maximum absolute atomic E-state index is 4.76. The number of anilines is 1. The summed E-state index contributed by atoms with van der Waals surface area (Å²) >= 11 is 0. The molecule has 2 aromatic heterocycles. The number of fused-ring (bicyclic) bond motifs is 1. The Labute approximate surface area is 147 Å². The Hall–Kier alpha value is -2.14. The highest BCUT2D eigenvalue weighted by atomic mass is 35.5. The number of rotatable bonds is 3. The van der Waals surface area contributed by atoms with E-state index in [0.717, 1.165) is 22.4 Å². The number of para-hydroxylation sites is 1. The molecular weight excluding hydrogens is 322 g/mol. The molecule has 3 aromatic rings. The van der Waals surface area contributed by atoms with Gasteiger partial charge in [0.2, 0.25) is 0 Å². The molecule has 0 unspecified atom stereocenters. The summed E-state index contributed by atoms with van der Waals surface area (Å²) in [5.41, 5.74) is 1.91. The normalized spacial score (nSPS) is 15.2. The third kappa shape index (κ3) is 3.36. The lowest BCUT2D eigenvalue weighted by atomic mass is 9.95. The Morgan fingerprint density at radius 3 is 2.58 bits per heavy atom. The minimum absolute atomic E-state index is 0. The zero-order valence-electron chi connectivity index (χ0n) is 13.8. The molecule has 1 aliphatic rings. The van der Waals surface area contributed by atoms with Gasteiger partial charge in [0.1, 0.15) is 5.82 Å². The fourth-order valence-electron chi connectivity index (χ4n) is 3.24. The van der Waals surface area contributed by atoms with Crippen molar-refractivity contribution in [2.45, 2.75) is 45.1 Å². The average molecular weight is 344 g/mol. The summed E-state index contributed by atoms with van der Waals surface area (Å²) in [5, 5.41) is 9.16. The van der Waals surface area contributed by atoms with Crippen LogP contribution in [0.25, 0.3) is 16.9 Å². The van der Waals surface area contributed by atoms with Crippen molar-refractivity contribution in [2.75, 3.05) is 5.32 Å². The van der Waals surface area contributed by atoms with Gasteiger partial charge in [0.25, 0.3) is 5.95 Å². The van der Waals surface area contributed by atoms with Crippen molar-refractivity contribution in [1.29, 1.82) is 0 Å². The van der Waals surface area contributed by atoms with E-state index in [9.17, 15) is 0 Å². The summed E-state index contributed by atoms with van der Waals surface area (Å²) in [4.78, 5) is 9.42. The van der Waals surface area contributed by atoms with Crippen LogP contribution in [-0.4, -0.2) is 25.8 Å². The van der Waals surface area contributed by atoms with Crippen molar-refractivity contribution in [1.82, 2.24) is 19.7 Å². The first kappa shape index (κ1) is 16.7. The lowest BCUT2D eigenvalue weighted by molar-refractivity contribution is 0.462. The van der Waals surface area contributed by atoms with Crippen LogP contribution in [0.2, 0.25) is 0 Å². The van der Waals surface area contributed by atoms with Gasteiger partial charge in [-0.1, -0.05) is 31.4 Å². The molecule has 0 saturated heterocycles. The summed E-state index contributed by atoms with van der Waals surface area (Å²) < 4.78 is 1.74. The van der Waals surface area contributed by atoms with Crippen LogP contribution >= 0.6 is 12.4 Å². The van der Waals surface area contributed by atoms with Gasteiger partial charge in [0.05, 0.1) is 11.2 Å². The summed E-state index contributed by atoms with van der Waals surface area (Å²) in [6.07, 6.45) is 8.28. The predicted octanol–water partition coefficient (Wildman–Crippen LogP) is 4.29. The highest BCUT2D eigenvalue weighted by Gasteiger charge is 2.16. The summed E-state index contributed by atoms with van der Waals surface area (Å²) in [6.45, 7) is 1.97. The van der Waals surface area contributed by atoms with Crippen molar-refractivity contribution in [2.24, 2.45) is 0 Å². The van der Waals surface area contributed by atoms with E-state index >= 15 is 0 Å². The second kappa shape index (κ2) is 7.18. The lowest BCUT2D eigenvalue weighted by Crippen LogP contribution is -2.23. The van der Waals surface area contributed by atoms with Crippen LogP contribution in [0.1, 0.15) is 37.8 Å². The van der Waals surface area contributed by atoms with Gasteiger partial charge in [-0.05, 0) is 38.0 Å². The van der Waals surface area contributed by atoms with Gasteiger partial charge in [-0.2, -0.15) is 10.1 Å². The quantitative estimate of drug-likeness (QED) is 0.770. The van der Waals surface area contributed by atoms with Crippen LogP contribution in [0.5, 0.6) is 0 Å². The number of hydrogen-bond acceptors (Lipinski definition) is 4. The van der Waals surface area contributed by atoms with Crippen molar-refractivity contribution in [3.63, 3.8) is 0 Å². The zero-order valence-corrected chi connectivity index (χ0v) is 14.6. The molecule has 5 nitrogen and oxygen atoms in total. The zero-order chi connectivity index (χ0) is 15.6. The molecule has 0 aliphatic heterocycles. The molecule has 24 heavy (non-hydrogen) atoms. The highest BCUT2D eigenvalue weighted by molar-refractivity contribution is 5.89. The van der Waals surface area contributed by atoms with E-state index in [4.69, 9.17) is 4.98 Å². The fourth-order valence-corrected chi connectivity index (χ4v) is 3.24. The second-order valence-corrected chi connectivity index (χ2v) is 6.27. The largest absolute Gasteiger partial charge is 0.367 e. The topological polar surface area (TPSA) is 55.6 Å². The van der Waals surface area contributed by atoms with Gasteiger partial charge in [0.15, 0.2) is 0 Å². The van der Waals surface area contributed by atoms with Crippen molar-refractivity contribution < 1.29 is 0 Å². The first-order chi connectivity index (χ1) is 11.3. The minimum Gasteiger partial charge on any atom is -0.367 e. The third-order valence-corrected chi connectivity index (χ3v) is 4.46. The summed E-state index contributed by atoms with van der Waals surface area (Å²) in [7, 11) is 0. The van der Waals surface area contributed by atoms with Gasteiger partial charge in [0, 0.05) is 17.6 Å². The first-order valence-electron chi connectivity index (χ1n) is 8.35. The molecule has 0 atom stereocenters. The molecule has 0 bridgehead atoms. The van der Waals surface area contributed by atoms with Crippen LogP contribution < -0.4 is 5.32 Å².